The zero-order valence-corrected chi connectivity index (χ0v) is 14.3. The van der Waals surface area contributed by atoms with Gasteiger partial charge in [-0.3, -0.25) is 10.1 Å². The zero-order valence-electron chi connectivity index (χ0n) is 13.4. The number of carbonyl (C=O) groups is 1. The highest BCUT2D eigenvalue weighted by Gasteiger charge is 2.23. The van der Waals surface area contributed by atoms with Crippen molar-refractivity contribution in [1.29, 1.82) is 0 Å². The second-order valence-electron chi connectivity index (χ2n) is 5.51. The molecule has 0 aliphatic rings. The van der Waals surface area contributed by atoms with Gasteiger partial charge in [0.15, 0.2) is 11.6 Å². The van der Waals surface area contributed by atoms with Crippen molar-refractivity contribution < 1.29 is 19.2 Å². The lowest BCUT2D eigenvalue weighted by atomic mass is 10.1. The molecule has 0 saturated carbocycles. The Morgan fingerprint density at radius 2 is 2.07 bits per heavy atom. The Kier molecular flexibility index (Phi) is 3.81. The number of nitrogen functional groups attached to an aromatic ring is 1. The van der Waals surface area contributed by atoms with Crippen LogP contribution < -0.4 is 5.73 Å². The molecule has 0 atom stereocenters. The fourth-order valence-electron chi connectivity index (χ4n) is 2.67. The number of aromatic carboxylic acids is 1. The number of nitrogens with two attached hydrogens (primary N) is 1. The van der Waals surface area contributed by atoms with Gasteiger partial charge in [0.2, 0.25) is 0 Å². The minimum atomic E-state index is -1.18. The van der Waals surface area contributed by atoms with E-state index in [1.165, 1.54) is 24.5 Å². The highest BCUT2D eigenvalue weighted by atomic mass is 32.1. The number of anilines is 1. The molecule has 3 N–H and O–H groups in total. The van der Waals surface area contributed by atoms with Crippen molar-refractivity contribution in [3.05, 3.63) is 57.7 Å². The topological polar surface area (TPSA) is 145 Å². The van der Waals surface area contributed by atoms with Gasteiger partial charge < -0.3 is 15.3 Å². The number of nitrogens with zero attached hydrogens (tertiary/aromatic N) is 3. The first kappa shape index (κ1) is 16.7. The third-order valence-corrected chi connectivity index (χ3v) is 4.94. The summed E-state index contributed by atoms with van der Waals surface area (Å²) in [6, 6.07) is 9.20. The number of fused-ring (bicyclic) bond motifs is 1. The molecule has 134 valence electrons. The van der Waals surface area contributed by atoms with Gasteiger partial charge in [0.05, 0.1) is 28.0 Å². The first-order valence-corrected chi connectivity index (χ1v) is 8.39. The van der Waals surface area contributed by atoms with E-state index in [2.05, 4.69) is 9.97 Å². The minimum absolute atomic E-state index is 0.0231. The van der Waals surface area contributed by atoms with Crippen LogP contribution in [0.1, 0.15) is 9.67 Å². The average molecular weight is 382 g/mol. The second kappa shape index (κ2) is 6.18. The van der Waals surface area contributed by atoms with Crippen LogP contribution in [0.2, 0.25) is 0 Å². The molecule has 27 heavy (non-hydrogen) atoms. The van der Waals surface area contributed by atoms with Gasteiger partial charge in [0, 0.05) is 17.7 Å². The SMILES string of the molecule is Nc1c(C(=O)O)sc2nc(-c3ccco3)nc(-c3cccc([N+](=O)[O-])c3)c12. The lowest BCUT2D eigenvalue weighted by molar-refractivity contribution is -0.384. The summed E-state index contributed by atoms with van der Waals surface area (Å²) < 4.78 is 5.33. The number of rotatable bonds is 4. The maximum Gasteiger partial charge on any atom is 0.348 e. The third-order valence-electron chi connectivity index (χ3n) is 3.85. The number of nitro groups is 1. The summed E-state index contributed by atoms with van der Waals surface area (Å²) in [6.07, 6.45) is 1.46. The highest BCUT2D eigenvalue weighted by Crippen LogP contribution is 2.40. The van der Waals surface area contributed by atoms with E-state index in [4.69, 9.17) is 10.2 Å². The van der Waals surface area contributed by atoms with E-state index >= 15 is 0 Å². The van der Waals surface area contributed by atoms with Crippen molar-refractivity contribution in [2.75, 3.05) is 5.73 Å². The number of thiophene rings is 1. The molecule has 9 nitrogen and oxygen atoms in total. The van der Waals surface area contributed by atoms with Crippen molar-refractivity contribution in [2.45, 2.75) is 0 Å². The number of furan rings is 1. The van der Waals surface area contributed by atoms with Crippen molar-refractivity contribution >= 4 is 38.9 Å². The van der Waals surface area contributed by atoms with Crippen LogP contribution in [0.15, 0.2) is 47.1 Å². The number of carboxylic acid groups (broad SMARTS) is 1. The van der Waals surface area contributed by atoms with E-state index in [-0.39, 0.29) is 22.1 Å². The Labute approximate surface area is 154 Å². The smallest absolute Gasteiger partial charge is 0.348 e. The number of aromatic nitrogens is 2. The van der Waals surface area contributed by atoms with Gasteiger partial charge in [-0.05, 0) is 12.1 Å². The molecule has 10 heteroatoms. The summed E-state index contributed by atoms with van der Waals surface area (Å²) in [5.74, 6) is -0.570. The van der Waals surface area contributed by atoms with Crippen LogP contribution in [-0.2, 0) is 0 Å². The molecule has 3 aromatic heterocycles. The maximum absolute atomic E-state index is 11.5. The van der Waals surface area contributed by atoms with Gasteiger partial charge >= 0.3 is 5.97 Å². The number of non-ortho nitro benzene ring substituents is 1. The Morgan fingerprint density at radius 3 is 2.74 bits per heavy atom. The number of carboxylic acids is 1. The molecule has 0 aliphatic carbocycles. The average Bonchev–Trinajstić information content (AvgIpc) is 3.29. The second-order valence-corrected chi connectivity index (χ2v) is 6.51. The zero-order chi connectivity index (χ0) is 19.1. The van der Waals surface area contributed by atoms with Gasteiger partial charge in [0.1, 0.15) is 9.71 Å². The molecule has 4 rings (SSSR count). The van der Waals surface area contributed by atoms with Crippen LogP contribution in [0.5, 0.6) is 0 Å². The standard InChI is InChI=1S/C17H10N4O5S/c18-12-11-13(8-3-1-4-9(7-8)21(24)25)19-15(10-5-2-6-26-10)20-16(11)27-14(12)17(22)23/h1-7H,18H2,(H,22,23). The summed E-state index contributed by atoms with van der Waals surface area (Å²) in [4.78, 5) is 31.2. The lowest BCUT2D eigenvalue weighted by Gasteiger charge is -2.06. The molecular weight excluding hydrogens is 372 g/mol. The van der Waals surface area contributed by atoms with E-state index in [0.717, 1.165) is 11.3 Å². The lowest BCUT2D eigenvalue weighted by Crippen LogP contribution is -1.99. The van der Waals surface area contributed by atoms with E-state index < -0.39 is 10.9 Å². The number of nitro benzene ring substituents is 1. The summed E-state index contributed by atoms with van der Waals surface area (Å²) >= 11 is 0.912. The molecule has 0 bridgehead atoms. The van der Waals surface area contributed by atoms with Crippen LogP contribution in [0.25, 0.3) is 33.1 Å². The first-order chi connectivity index (χ1) is 13.0. The Morgan fingerprint density at radius 1 is 1.26 bits per heavy atom. The van der Waals surface area contributed by atoms with Gasteiger partial charge in [-0.2, -0.15) is 0 Å². The molecule has 4 aromatic rings. The predicted molar refractivity (Wildman–Crippen MR) is 98.6 cm³/mol. The molecule has 0 fully saturated rings. The van der Waals surface area contributed by atoms with E-state index in [0.29, 0.717) is 27.2 Å². The van der Waals surface area contributed by atoms with Gasteiger partial charge in [-0.25, -0.2) is 14.8 Å². The molecule has 0 unspecified atom stereocenters. The van der Waals surface area contributed by atoms with Crippen LogP contribution >= 0.6 is 11.3 Å². The fraction of sp³-hybridized carbons (Fsp3) is 0. The van der Waals surface area contributed by atoms with Gasteiger partial charge in [-0.15, -0.1) is 11.3 Å². The number of hydrogen-bond donors (Lipinski definition) is 2. The molecule has 3 heterocycles. The summed E-state index contributed by atoms with van der Waals surface area (Å²) in [6.45, 7) is 0. The van der Waals surface area contributed by atoms with Gasteiger partial charge in [-0.1, -0.05) is 12.1 Å². The van der Waals surface area contributed by atoms with Crippen LogP contribution in [0, 0.1) is 10.1 Å². The molecule has 0 saturated heterocycles. The number of benzene rings is 1. The monoisotopic (exact) mass is 382 g/mol. The predicted octanol–water partition coefficient (Wildman–Crippen LogP) is 3.81. The highest BCUT2D eigenvalue weighted by molar-refractivity contribution is 7.21. The fourth-order valence-corrected chi connectivity index (χ4v) is 3.61. The van der Waals surface area contributed by atoms with Crippen molar-refractivity contribution in [2.24, 2.45) is 0 Å². The minimum Gasteiger partial charge on any atom is -0.477 e. The Balaban J connectivity index is 2.06. The molecule has 0 radical (unpaired) electrons. The van der Waals surface area contributed by atoms with E-state index in [1.807, 2.05) is 0 Å². The summed E-state index contributed by atoms with van der Waals surface area (Å²) in [7, 11) is 0. The molecule has 0 amide bonds. The number of hydrogen-bond acceptors (Lipinski definition) is 8. The Bertz CT molecular complexity index is 1200. The van der Waals surface area contributed by atoms with Crippen LogP contribution in [0.4, 0.5) is 11.4 Å². The molecule has 0 aliphatic heterocycles. The molecule has 1 aromatic carbocycles. The quantitative estimate of drug-likeness (QED) is 0.400. The van der Waals surface area contributed by atoms with E-state index in [1.54, 1.807) is 18.2 Å². The van der Waals surface area contributed by atoms with E-state index in [9.17, 15) is 20.0 Å². The Hall–Kier alpha value is -3.79. The third kappa shape index (κ3) is 2.77. The van der Waals surface area contributed by atoms with Crippen molar-refractivity contribution in [3.8, 4) is 22.8 Å². The van der Waals surface area contributed by atoms with Crippen LogP contribution in [0.3, 0.4) is 0 Å². The summed E-state index contributed by atoms with van der Waals surface area (Å²) in [5.41, 5.74) is 6.66. The molecule has 0 spiro atoms. The summed E-state index contributed by atoms with van der Waals surface area (Å²) in [5, 5.41) is 20.8. The maximum atomic E-state index is 11.5. The van der Waals surface area contributed by atoms with Crippen molar-refractivity contribution in [3.63, 3.8) is 0 Å². The van der Waals surface area contributed by atoms with Crippen LogP contribution in [-0.4, -0.2) is 26.0 Å². The largest absolute Gasteiger partial charge is 0.477 e. The normalized spacial score (nSPS) is 11.0. The first-order valence-electron chi connectivity index (χ1n) is 7.57. The van der Waals surface area contributed by atoms with Gasteiger partial charge in [0.25, 0.3) is 5.69 Å². The molecular formula is C17H10N4O5S. The van der Waals surface area contributed by atoms with Crippen molar-refractivity contribution in [1.82, 2.24) is 9.97 Å².